The molecule has 0 spiro atoms. The Bertz CT molecular complexity index is 1290. The summed E-state index contributed by atoms with van der Waals surface area (Å²) in [6, 6.07) is 15.3. The van der Waals surface area contributed by atoms with Gasteiger partial charge < -0.3 is 20.1 Å². The van der Waals surface area contributed by atoms with Crippen LogP contribution in [0, 0.1) is 0 Å². The summed E-state index contributed by atoms with van der Waals surface area (Å²) in [6.07, 6.45) is 1.92. The molecule has 1 aromatic heterocycles. The van der Waals surface area contributed by atoms with E-state index in [4.69, 9.17) is 14.6 Å². The zero-order valence-electron chi connectivity index (χ0n) is 19.8. The first-order chi connectivity index (χ1) is 17.2. The van der Waals surface area contributed by atoms with Crippen molar-refractivity contribution >= 4 is 38.8 Å². The average Bonchev–Trinajstić information content (AvgIpc) is 2.86. The highest BCUT2D eigenvalue weighted by molar-refractivity contribution is 7.87. The number of carbonyl (C=O) groups is 2. The number of alkyl carbamates (subject to hydrolysis) is 1. The van der Waals surface area contributed by atoms with Crippen molar-refractivity contribution < 1.29 is 27.5 Å². The number of pyridine rings is 1. The summed E-state index contributed by atoms with van der Waals surface area (Å²) in [5.74, 6) is 0.0536. The van der Waals surface area contributed by atoms with E-state index in [9.17, 15) is 18.0 Å². The van der Waals surface area contributed by atoms with Crippen molar-refractivity contribution in [1.82, 2.24) is 15.0 Å². The Morgan fingerprint density at radius 1 is 1.08 bits per heavy atom. The molecule has 2 amide bonds. The first-order valence-corrected chi connectivity index (χ1v) is 12.8. The molecule has 12 heteroatoms. The van der Waals surface area contributed by atoms with Crippen LogP contribution in [0.4, 0.5) is 10.5 Å². The van der Waals surface area contributed by atoms with Crippen molar-refractivity contribution in [2.45, 2.75) is 31.9 Å². The van der Waals surface area contributed by atoms with Crippen LogP contribution in [-0.4, -0.2) is 45.1 Å². The van der Waals surface area contributed by atoms with Crippen LogP contribution in [0.1, 0.15) is 24.8 Å². The van der Waals surface area contributed by atoms with Gasteiger partial charge in [0.2, 0.25) is 5.91 Å². The third-order valence-corrected chi connectivity index (χ3v) is 5.82. The van der Waals surface area contributed by atoms with Crippen LogP contribution in [0.25, 0.3) is 10.9 Å². The smallest absolute Gasteiger partial charge is 0.408 e. The van der Waals surface area contributed by atoms with E-state index in [1.807, 2.05) is 36.4 Å². The summed E-state index contributed by atoms with van der Waals surface area (Å²) in [7, 11) is -2.28. The van der Waals surface area contributed by atoms with Crippen LogP contribution >= 0.6 is 0 Å². The standard InChI is InChI=1S/C24H29N5O6S/c1-34-19-14-18-10-7-12-26-22(18)21(15-19)28-23(30)20(11-5-6-13-27-36(25,32)33)29-24(31)35-16-17-8-3-2-4-9-17/h2-4,7-10,12,14-15,20,27H,5-6,11,13,16H2,1H3,(H,28,30)(H,29,31)(H2,25,32,33). The number of ether oxygens (including phenoxy) is 2. The summed E-state index contributed by atoms with van der Waals surface area (Å²) in [6.45, 7) is 0.153. The molecule has 3 aromatic rings. The second-order valence-electron chi connectivity index (χ2n) is 7.93. The van der Waals surface area contributed by atoms with Gasteiger partial charge in [-0.2, -0.15) is 8.42 Å². The van der Waals surface area contributed by atoms with Gasteiger partial charge in [-0.15, -0.1) is 0 Å². The first-order valence-electron chi connectivity index (χ1n) is 11.2. The number of methoxy groups -OCH3 is 1. The predicted octanol–water partition coefficient (Wildman–Crippen LogP) is 2.44. The molecule has 1 unspecified atom stereocenters. The number of benzene rings is 2. The minimum atomic E-state index is -3.80. The molecule has 11 nitrogen and oxygen atoms in total. The van der Waals surface area contributed by atoms with E-state index in [1.54, 1.807) is 24.4 Å². The monoisotopic (exact) mass is 515 g/mol. The van der Waals surface area contributed by atoms with Crippen molar-refractivity contribution in [1.29, 1.82) is 0 Å². The van der Waals surface area contributed by atoms with Gasteiger partial charge in [0.15, 0.2) is 0 Å². The molecule has 1 atom stereocenters. The molecule has 1 heterocycles. The van der Waals surface area contributed by atoms with E-state index in [-0.39, 0.29) is 19.6 Å². The number of amides is 2. The number of rotatable bonds is 12. The van der Waals surface area contributed by atoms with Gasteiger partial charge in [0.25, 0.3) is 10.2 Å². The normalized spacial score (nSPS) is 12.1. The van der Waals surface area contributed by atoms with Crippen molar-refractivity contribution in [2.24, 2.45) is 5.14 Å². The van der Waals surface area contributed by atoms with Crippen LogP contribution in [-0.2, 0) is 26.3 Å². The van der Waals surface area contributed by atoms with E-state index >= 15 is 0 Å². The third kappa shape index (κ3) is 8.48. The minimum absolute atomic E-state index is 0.0454. The van der Waals surface area contributed by atoms with E-state index in [0.717, 1.165) is 10.9 Å². The lowest BCUT2D eigenvalue weighted by Gasteiger charge is -2.19. The van der Waals surface area contributed by atoms with Gasteiger partial charge >= 0.3 is 6.09 Å². The SMILES string of the molecule is COc1cc(NC(=O)C(CCCCNS(N)(=O)=O)NC(=O)OCc2ccccc2)c2ncccc2c1. The van der Waals surface area contributed by atoms with Gasteiger partial charge in [-0.25, -0.2) is 14.7 Å². The van der Waals surface area contributed by atoms with Crippen molar-refractivity contribution in [3.63, 3.8) is 0 Å². The summed E-state index contributed by atoms with van der Waals surface area (Å²) in [5, 5.41) is 11.1. The molecule has 2 aromatic carbocycles. The Kier molecular flexibility index (Phi) is 9.56. The number of aromatic nitrogens is 1. The summed E-state index contributed by atoms with van der Waals surface area (Å²) in [5.41, 5.74) is 1.79. The average molecular weight is 516 g/mol. The van der Waals surface area contributed by atoms with E-state index < -0.39 is 28.3 Å². The second kappa shape index (κ2) is 12.8. The molecule has 0 radical (unpaired) electrons. The largest absolute Gasteiger partial charge is 0.497 e. The number of nitrogens with one attached hydrogen (secondary N) is 3. The van der Waals surface area contributed by atoms with Crippen molar-refractivity contribution in [3.05, 3.63) is 66.4 Å². The molecule has 0 bridgehead atoms. The summed E-state index contributed by atoms with van der Waals surface area (Å²) < 4.78 is 34.9. The van der Waals surface area contributed by atoms with E-state index in [1.165, 1.54) is 7.11 Å². The molecule has 0 aliphatic rings. The number of anilines is 1. The van der Waals surface area contributed by atoms with Crippen LogP contribution in [0.3, 0.4) is 0 Å². The van der Waals surface area contributed by atoms with Crippen LogP contribution in [0.15, 0.2) is 60.8 Å². The van der Waals surface area contributed by atoms with Gasteiger partial charge in [-0.05, 0) is 37.0 Å². The first kappa shape index (κ1) is 26.9. The highest BCUT2D eigenvalue weighted by Gasteiger charge is 2.23. The Labute approximate surface area is 209 Å². The molecule has 0 saturated carbocycles. The molecular weight excluding hydrogens is 486 g/mol. The number of hydrogen-bond donors (Lipinski definition) is 4. The van der Waals surface area contributed by atoms with Crippen LogP contribution in [0.2, 0.25) is 0 Å². The van der Waals surface area contributed by atoms with Gasteiger partial charge in [0.05, 0.1) is 18.3 Å². The Hall–Kier alpha value is -3.74. The van der Waals surface area contributed by atoms with Gasteiger partial charge in [-0.3, -0.25) is 9.78 Å². The second-order valence-corrected chi connectivity index (χ2v) is 9.31. The van der Waals surface area contributed by atoms with Gasteiger partial charge in [-0.1, -0.05) is 36.4 Å². The third-order valence-electron chi connectivity index (χ3n) is 5.22. The maximum absolute atomic E-state index is 13.2. The zero-order chi connectivity index (χ0) is 26.0. The Morgan fingerprint density at radius 3 is 2.58 bits per heavy atom. The molecule has 36 heavy (non-hydrogen) atoms. The van der Waals surface area contributed by atoms with Gasteiger partial charge in [0.1, 0.15) is 18.4 Å². The van der Waals surface area contributed by atoms with Crippen LogP contribution < -0.4 is 25.2 Å². The molecule has 0 aliphatic heterocycles. The number of fused-ring (bicyclic) bond motifs is 1. The van der Waals surface area contributed by atoms with E-state index in [0.29, 0.717) is 29.8 Å². The van der Waals surface area contributed by atoms with Crippen molar-refractivity contribution in [2.75, 3.05) is 19.0 Å². The molecule has 0 saturated heterocycles. The lowest BCUT2D eigenvalue weighted by molar-refractivity contribution is -0.118. The Balaban J connectivity index is 1.70. The maximum atomic E-state index is 13.2. The van der Waals surface area contributed by atoms with Crippen molar-refractivity contribution in [3.8, 4) is 5.75 Å². The summed E-state index contributed by atoms with van der Waals surface area (Å²) >= 11 is 0. The lowest BCUT2D eigenvalue weighted by Crippen LogP contribution is -2.44. The molecule has 0 fully saturated rings. The number of hydrogen-bond acceptors (Lipinski definition) is 7. The molecule has 192 valence electrons. The molecule has 3 rings (SSSR count). The molecular formula is C24H29N5O6S. The maximum Gasteiger partial charge on any atom is 0.408 e. The fraction of sp³-hybridized carbons (Fsp3) is 0.292. The lowest BCUT2D eigenvalue weighted by atomic mass is 10.1. The highest BCUT2D eigenvalue weighted by Crippen LogP contribution is 2.28. The molecule has 5 N–H and O–H groups in total. The van der Waals surface area contributed by atoms with E-state index in [2.05, 4.69) is 20.3 Å². The quantitative estimate of drug-likeness (QED) is 0.269. The zero-order valence-corrected chi connectivity index (χ0v) is 20.6. The fourth-order valence-electron chi connectivity index (χ4n) is 3.46. The number of nitrogens with zero attached hydrogens (tertiary/aromatic N) is 1. The fourth-order valence-corrected chi connectivity index (χ4v) is 3.89. The number of carbonyl (C=O) groups excluding carboxylic acids is 2. The predicted molar refractivity (Wildman–Crippen MR) is 135 cm³/mol. The minimum Gasteiger partial charge on any atom is -0.497 e. The van der Waals surface area contributed by atoms with Crippen LogP contribution in [0.5, 0.6) is 5.75 Å². The molecule has 0 aliphatic carbocycles. The highest BCUT2D eigenvalue weighted by atomic mass is 32.2. The number of unbranched alkanes of at least 4 members (excludes halogenated alkanes) is 1. The number of nitrogens with two attached hydrogens (primary N) is 1. The van der Waals surface area contributed by atoms with Gasteiger partial charge in [0, 0.05) is 24.2 Å². The summed E-state index contributed by atoms with van der Waals surface area (Å²) in [4.78, 5) is 30.0. The topological polar surface area (TPSA) is 162 Å². The Morgan fingerprint density at radius 2 is 1.86 bits per heavy atom.